The topological polar surface area (TPSA) is 71.0 Å². The summed E-state index contributed by atoms with van der Waals surface area (Å²) in [4.78, 5) is 26.5. The van der Waals surface area contributed by atoms with Crippen molar-refractivity contribution in [3.8, 4) is 0 Å². The largest absolute Gasteiger partial charge is 0.319 e. The molecule has 102 valence electrons. The number of amides is 1. The first-order chi connectivity index (χ1) is 9.74. The standard InChI is InChI=1S/C14H15N5O/c1-19-3-2-12-10(8-19)4-15-7-13(12)14(20)18-11-5-16-9-17-6-11/h4-7,9H,2-3,8H2,1H3,(H,18,20). The van der Waals surface area contributed by atoms with Gasteiger partial charge in [0.1, 0.15) is 6.33 Å². The first-order valence-corrected chi connectivity index (χ1v) is 6.44. The normalized spacial score (nSPS) is 14.7. The molecule has 6 nitrogen and oxygen atoms in total. The molecule has 0 bridgehead atoms. The number of carbonyl (C=O) groups excluding carboxylic acids is 1. The van der Waals surface area contributed by atoms with Gasteiger partial charge in [0.25, 0.3) is 5.91 Å². The number of carbonyl (C=O) groups is 1. The molecule has 0 saturated heterocycles. The highest BCUT2D eigenvalue weighted by Gasteiger charge is 2.20. The summed E-state index contributed by atoms with van der Waals surface area (Å²) >= 11 is 0. The fourth-order valence-electron chi connectivity index (χ4n) is 2.39. The van der Waals surface area contributed by atoms with Gasteiger partial charge in [-0.3, -0.25) is 9.78 Å². The molecule has 0 spiro atoms. The molecule has 2 aromatic heterocycles. The van der Waals surface area contributed by atoms with Crippen LogP contribution in [0.15, 0.2) is 31.1 Å². The summed E-state index contributed by atoms with van der Waals surface area (Å²) in [5, 5.41) is 2.80. The van der Waals surface area contributed by atoms with E-state index >= 15 is 0 Å². The Bertz CT molecular complexity index is 629. The van der Waals surface area contributed by atoms with E-state index in [-0.39, 0.29) is 5.91 Å². The van der Waals surface area contributed by atoms with Crippen LogP contribution in [0.3, 0.4) is 0 Å². The van der Waals surface area contributed by atoms with Gasteiger partial charge in [-0.05, 0) is 24.6 Å². The van der Waals surface area contributed by atoms with Gasteiger partial charge in [0.2, 0.25) is 0 Å². The van der Waals surface area contributed by atoms with Crippen molar-refractivity contribution in [3.05, 3.63) is 47.8 Å². The summed E-state index contributed by atoms with van der Waals surface area (Å²) in [6, 6.07) is 0. The lowest BCUT2D eigenvalue weighted by Crippen LogP contribution is -2.29. The number of rotatable bonds is 2. The molecule has 0 radical (unpaired) electrons. The number of fused-ring (bicyclic) bond motifs is 1. The maximum absolute atomic E-state index is 12.3. The van der Waals surface area contributed by atoms with Crippen molar-refractivity contribution >= 4 is 11.6 Å². The number of hydrogen-bond donors (Lipinski definition) is 1. The van der Waals surface area contributed by atoms with Gasteiger partial charge in [0.05, 0.1) is 23.6 Å². The van der Waals surface area contributed by atoms with Crippen LogP contribution < -0.4 is 5.32 Å². The molecule has 6 heteroatoms. The number of hydrogen-bond acceptors (Lipinski definition) is 5. The van der Waals surface area contributed by atoms with E-state index in [4.69, 9.17) is 0 Å². The molecule has 0 saturated carbocycles. The van der Waals surface area contributed by atoms with E-state index in [1.54, 1.807) is 18.6 Å². The average Bonchev–Trinajstić information content (AvgIpc) is 2.47. The van der Waals surface area contributed by atoms with E-state index in [1.165, 1.54) is 6.33 Å². The van der Waals surface area contributed by atoms with E-state index in [9.17, 15) is 4.79 Å². The van der Waals surface area contributed by atoms with Gasteiger partial charge in [-0.1, -0.05) is 0 Å². The molecule has 1 N–H and O–H groups in total. The van der Waals surface area contributed by atoms with E-state index in [2.05, 4.69) is 32.2 Å². The second kappa shape index (κ2) is 5.34. The Morgan fingerprint density at radius 1 is 1.20 bits per heavy atom. The minimum atomic E-state index is -0.159. The van der Waals surface area contributed by atoms with Crippen molar-refractivity contribution < 1.29 is 4.79 Å². The molecule has 0 aliphatic carbocycles. The molecule has 1 aliphatic heterocycles. The van der Waals surface area contributed by atoms with E-state index < -0.39 is 0 Å². The zero-order chi connectivity index (χ0) is 13.9. The summed E-state index contributed by atoms with van der Waals surface area (Å²) in [5.74, 6) is -0.159. The Labute approximate surface area is 116 Å². The van der Waals surface area contributed by atoms with Crippen LogP contribution in [-0.4, -0.2) is 39.4 Å². The van der Waals surface area contributed by atoms with Gasteiger partial charge in [-0.2, -0.15) is 0 Å². The van der Waals surface area contributed by atoms with Crippen molar-refractivity contribution in [2.75, 3.05) is 18.9 Å². The number of nitrogens with zero attached hydrogens (tertiary/aromatic N) is 4. The van der Waals surface area contributed by atoms with Crippen LogP contribution >= 0.6 is 0 Å². The zero-order valence-corrected chi connectivity index (χ0v) is 11.2. The third-order valence-corrected chi connectivity index (χ3v) is 3.39. The van der Waals surface area contributed by atoms with Gasteiger partial charge >= 0.3 is 0 Å². The number of likely N-dealkylation sites (N-methyl/N-ethyl adjacent to an activating group) is 1. The maximum Gasteiger partial charge on any atom is 0.257 e. The van der Waals surface area contributed by atoms with Crippen LogP contribution in [0.4, 0.5) is 5.69 Å². The van der Waals surface area contributed by atoms with Gasteiger partial charge in [-0.25, -0.2) is 9.97 Å². The Morgan fingerprint density at radius 3 is 2.80 bits per heavy atom. The Morgan fingerprint density at radius 2 is 2.00 bits per heavy atom. The van der Waals surface area contributed by atoms with Crippen molar-refractivity contribution in [2.24, 2.45) is 0 Å². The molecular weight excluding hydrogens is 254 g/mol. The van der Waals surface area contributed by atoms with Gasteiger partial charge in [-0.15, -0.1) is 0 Å². The number of nitrogens with one attached hydrogen (secondary N) is 1. The lowest BCUT2D eigenvalue weighted by atomic mass is 9.97. The van der Waals surface area contributed by atoms with Crippen LogP contribution in [0, 0.1) is 0 Å². The molecule has 0 unspecified atom stereocenters. The fourth-order valence-corrected chi connectivity index (χ4v) is 2.39. The minimum absolute atomic E-state index is 0.159. The number of pyridine rings is 1. The summed E-state index contributed by atoms with van der Waals surface area (Å²) in [6.07, 6.45) is 8.90. The predicted octanol–water partition coefficient (Wildman–Crippen LogP) is 1.11. The zero-order valence-electron chi connectivity index (χ0n) is 11.2. The molecule has 3 rings (SSSR count). The average molecular weight is 269 g/mol. The highest BCUT2D eigenvalue weighted by atomic mass is 16.1. The Balaban J connectivity index is 1.87. The maximum atomic E-state index is 12.3. The number of anilines is 1. The lowest BCUT2D eigenvalue weighted by molar-refractivity contribution is 0.102. The fraction of sp³-hybridized carbons (Fsp3) is 0.286. The molecule has 0 fully saturated rings. The first kappa shape index (κ1) is 12.7. The van der Waals surface area contributed by atoms with E-state index in [0.29, 0.717) is 11.3 Å². The summed E-state index contributed by atoms with van der Waals surface area (Å²) in [5.41, 5.74) is 3.44. The molecule has 1 amide bonds. The predicted molar refractivity (Wildman–Crippen MR) is 74.3 cm³/mol. The second-order valence-electron chi connectivity index (χ2n) is 4.89. The van der Waals surface area contributed by atoms with Gasteiger partial charge in [0, 0.05) is 25.5 Å². The first-order valence-electron chi connectivity index (χ1n) is 6.44. The highest BCUT2D eigenvalue weighted by molar-refractivity contribution is 6.05. The van der Waals surface area contributed by atoms with Crippen LogP contribution in [0.25, 0.3) is 0 Å². The summed E-state index contributed by atoms with van der Waals surface area (Å²) in [7, 11) is 2.07. The van der Waals surface area contributed by atoms with Gasteiger partial charge < -0.3 is 10.2 Å². The Kier molecular flexibility index (Phi) is 3.39. The number of aromatic nitrogens is 3. The van der Waals surface area contributed by atoms with E-state index in [0.717, 1.165) is 30.6 Å². The molecular formula is C14H15N5O. The molecule has 0 aromatic carbocycles. The minimum Gasteiger partial charge on any atom is -0.319 e. The van der Waals surface area contributed by atoms with Crippen LogP contribution in [-0.2, 0) is 13.0 Å². The van der Waals surface area contributed by atoms with Crippen molar-refractivity contribution in [2.45, 2.75) is 13.0 Å². The smallest absolute Gasteiger partial charge is 0.257 e. The Hall–Kier alpha value is -2.34. The quantitative estimate of drug-likeness (QED) is 0.884. The van der Waals surface area contributed by atoms with Crippen LogP contribution in [0.5, 0.6) is 0 Å². The molecule has 20 heavy (non-hydrogen) atoms. The lowest BCUT2D eigenvalue weighted by Gasteiger charge is -2.25. The third kappa shape index (κ3) is 2.50. The summed E-state index contributed by atoms with van der Waals surface area (Å²) in [6.45, 7) is 1.78. The molecule has 3 heterocycles. The molecule has 2 aromatic rings. The van der Waals surface area contributed by atoms with Crippen LogP contribution in [0.2, 0.25) is 0 Å². The van der Waals surface area contributed by atoms with Crippen molar-refractivity contribution in [3.63, 3.8) is 0 Å². The second-order valence-corrected chi connectivity index (χ2v) is 4.89. The molecule has 1 aliphatic rings. The monoisotopic (exact) mass is 269 g/mol. The van der Waals surface area contributed by atoms with Crippen molar-refractivity contribution in [1.29, 1.82) is 0 Å². The van der Waals surface area contributed by atoms with Crippen molar-refractivity contribution in [1.82, 2.24) is 19.9 Å². The molecule has 0 atom stereocenters. The third-order valence-electron chi connectivity index (χ3n) is 3.39. The SMILES string of the molecule is CN1CCc2c(cncc2C(=O)Nc2cncnc2)C1. The summed E-state index contributed by atoms with van der Waals surface area (Å²) < 4.78 is 0. The van der Waals surface area contributed by atoms with Gasteiger partial charge in [0.15, 0.2) is 0 Å². The van der Waals surface area contributed by atoms with Crippen LogP contribution in [0.1, 0.15) is 21.5 Å². The highest BCUT2D eigenvalue weighted by Crippen LogP contribution is 2.21. The van der Waals surface area contributed by atoms with E-state index in [1.807, 2.05) is 6.20 Å².